The molecule has 0 aromatic carbocycles. The maximum atomic E-state index is 5.77. The summed E-state index contributed by atoms with van der Waals surface area (Å²) in [6.07, 6.45) is 3.69. The second-order valence-electron chi connectivity index (χ2n) is 7.32. The molecule has 7 nitrogen and oxygen atoms in total. The molecule has 0 fully saturated rings. The third-order valence-electron chi connectivity index (χ3n) is 3.54. The fraction of sp³-hybridized carbons (Fsp3) is 0.526. The molecule has 7 heteroatoms. The molecule has 0 unspecified atom stereocenters. The van der Waals surface area contributed by atoms with Crippen LogP contribution in [0.2, 0.25) is 0 Å². The van der Waals surface area contributed by atoms with Crippen LogP contribution in [0.15, 0.2) is 33.9 Å². The normalized spacial score (nSPS) is 12.3. The number of ether oxygens (including phenoxy) is 1. The van der Waals surface area contributed by atoms with E-state index in [2.05, 4.69) is 46.4 Å². The Morgan fingerprint density at radius 1 is 1.15 bits per heavy atom. The molecule has 2 rings (SSSR count). The number of guanidine groups is 1. The molecule has 142 valence electrons. The fourth-order valence-electron chi connectivity index (χ4n) is 2.13. The predicted molar refractivity (Wildman–Crippen MR) is 102 cm³/mol. The number of rotatable bonds is 6. The van der Waals surface area contributed by atoms with E-state index in [9.17, 15) is 0 Å². The lowest BCUT2D eigenvalue weighted by Gasteiger charge is -2.13. The van der Waals surface area contributed by atoms with Crippen LogP contribution in [0.25, 0.3) is 0 Å². The van der Waals surface area contributed by atoms with Crippen LogP contribution in [0.1, 0.15) is 51.8 Å². The molecule has 2 aromatic heterocycles. The Hall–Kier alpha value is -2.57. The van der Waals surface area contributed by atoms with Gasteiger partial charge in [0.25, 0.3) is 0 Å². The lowest BCUT2D eigenvalue weighted by molar-refractivity contribution is 0.232. The summed E-state index contributed by atoms with van der Waals surface area (Å²) in [5, 5.41) is 6.44. The summed E-state index contributed by atoms with van der Waals surface area (Å²) in [5.74, 6) is 2.80. The zero-order chi connectivity index (χ0) is 19.2. The van der Waals surface area contributed by atoms with Crippen molar-refractivity contribution in [1.29, 1.82) is 0 Å². The van der Waals surface area contributed by atoms with Gasteiger partial charge in [-0.3, -0.25) is 4.99 Å². The van der Waals surface area contributed by atoms with Gasteiger partial charge in [0.1, 0.15) is 5.76 Å². The molecule has 0 amide bonds. The molecule has 0 saturated carbocycles. The summed E-state index contributed by atoms with van der Waals surface area (Å²) in [6.45, 7) is 11.3. The van der Waals surface area contributed by atoms with Crippen LogP contribution in [0.5, 0.6) is 5.88 Å². The third-order valence-corrected chi connectivity index (χ3v) is 3.54. The Morgan fingerprint density at radius 3 is 2.42 bits per heavy atom. The largest absolute Gasteiger partial charge is 0.475 e. The van der Waals surface area contributed by atoms with Crippen molar-refractivity contribution in [2.45, 2.75) is 59.2 Å². The van der Waals surface area contributed by atoms with Crippen LogP contribution < -0.4 is 15.4 Å². The first-order chi connectivity index (χ1) is 12.3. The van der Waals surface area contributed by atoms with Crippen molar-refractivity contribution in [2.24, 2.45) is 4.99 Å². The second-order valence-corrected chi connectivity index (χ2v) is 7.32. The summed E-state index contributed by atoms with van der Waals surface area (Å²) in [4.78, 5) is 12.8. The highest BCUT2D eigenvalue weighted by Crippen LogP contribution is 2.22. The van der Waals surface area contributed by atoms with Gasteiger partial charge in [0, 0.05) is 31.3 Å². The van der Waals surface area contributed by atoms with Gasteiger partial charge in [0.05, 0.1) is 18.8 Å². The van der Waals surface area contributed by atoms with Gasteiger partial charge >= 0.3 is 0 Å². The van der Waals surface area contributed by atoms with E-state index in [-0.39, 0.29) is 11.5 Å². The predicted octanol–water partition coefficient (Wildman–Crippen LogP) is 3.02. The quantitative estimate of drug-likeness (QED) is 0.609. The minimum atomic E-state index is -0.0520. The molecule has 0 radical (unpaired) electrons. The number of oxazole rings is 1. The first-order valence-corrected chi connectivity index (χ1v) is 8.79. The molecular formula is C19H29N5O2. The summed E-state index contributed by atoms with van der Waals surface area (Å²) in [5.41, 5.74) is 0.985. The minimum absolute atomic E-state index is 0.0520. The summed E-state index contributed by atoms with van der Waals surface area (Å²) < 4.78 is 11.3. The number of pyridine rings is 1. The van der Waals surface area contributed by atoms with Crippen LogP contribution in [0.4, 0.5) is 0 Å². The van der Waals surface area contributed by atoms with Gasteiger partial charge in [0.15, 0.2) is 5.96 Å². The molecule has 2 aromatic rings. The van der Waals surface area contributed by atoms with Crippen molar-refractivity contribution < 1.29 is 9.15 Å². The highest BCUT2D eigenvalue weighted by molar-refractivity contribution is 5.79. The van der Waals surface area contributed by atoms with Crippen molar-refractivity contribution >= 4 is 5.96 Å². The molecule has 0 aliphatic rings. The van der Waals surface area contributed by atoms with Gasteiger partial charge in [-0.15, -0.1) is 0 Å². The summed E-state index contributed by atoms with van der Waals surface area (Å²) in [7, 11) is 1.73. The maximum Gasteiger partial charge on any atom is 0.213 e. The Morgan fingerprint density at radius 2 is 1.88 bits per heavy atom. The molecule has 0 bridgehead atoms. The van der Waals surface area contributed by atoms with Gasteiger partial charge in [-0.05, 0) is 19.4 Å². The van der Waals surface area contributed by atoms with E-state index in [0.29, 0.717) is 30.8 Å². The molecule has 0 atom stereocenters. The lowest BCUT2D eigenvalue weighted by Crippen LogP contribution is -2.36. The van der Waals surface area contributed by atoms with E-state index >= 15 is 0 Å². The zero-order valence-electron chi connectivity index (χ0n) is 16.5. The standard InChI is InChI=1S/C19H29N5O2/c1-13(2)25-16-8-7-14(9-21-16)10-23-18(20-6)24-12-17-22-11-15(26-17)19(3,4)5/h7-9,11,13H,10,12H2,1-6H3,(H2,20,23,24). The average molecular weight is 359 g/mol. The second kappa shape index (κ2) is 8.69. The zero-order valence-corrected chi connectivity index (χ0v) is 16.5. The topological polar surface area (TPSA) is 84.6 Å². The SMILES string of the molecule is CN=C(NCc1ccc(OC(C)C)nc1)NCc1ncc(C(C)(C)C)o1. The summed E-state index contributed by atoms with van der Waals surface area (Å²) in [6, 6.07) is 3.85. The minimum Gasteiger partial charge on any atom is -0.475 e. The number of aliphatic imine (C=N–C) groups is 1. The smallest absolute Gasteiger partial charge is 0.213 e. The van der Waals surface area contributed by atoms with Crippen LogP contribution in [-0.2, 0) is 18.5 Å². The molecule has 26 heavy (non-hydrogen) atoms. The average Bonchev–Trinajstić information content (AvgIpc) is 3.05. The van der Waals surface area contributed by atoms with Gasteiger partial charge in [-0.2, -0.15) is 0 Å². The van der Waals surface area contributed by atoms with Crippen molar-refractivity contribution in [3.05, 3.63) is 41.7 Å². The van der Waals surface area contributed by atoms with E-state index < -0.39 is 0 Å². The molecule has 0 spiro atoms. The third kappa shape index (κ3) is 6.06. The molecule has 0 aliphatic heterocycles. The van der Waals surface area contributed by atoms with Gasteiger partial charge in [-0.1, -0.05) is 26.8 Å². The van der Waals surface area contributed by atoms with Crippen LogP contribution in [0.3, 0.4) is 0 Å². The van der Waals surface area contributed by atoms with E-state index in [0.717, 1.165) is 11.3 Å². The molecule has 2 heterocycles. The Labute approximate surface area is 155 Å². The highest BCUT2D eigenvalue weighted by Gasteiger charge is 2.19. The van der Waals surface area contributed by atoms with Gasteiger partial charge in [0.2, 0.25) is 11.8 Å². The number of nitrogens with zero attached hydrogens (tertiary/aromatic N) is 3. The van der Waals surface area contributed by atoms with E-state index in [4.69, 9.17) is 9.15 Å². The van der Waals surface area contributed by atoms with Crippen LogP contribution in [0, 0.1) is 0 Å². The van der Waals surface area contributed by atoms with Crippen LogP contribution in [-0.4, -0.2) is 29.1 Å². The lowest BCUT2D eigenvalue weighted by atomic mass is 9.94. The maximum absolute atomic E-state index is 5.77. The van der Waals surface area contributed by atoms with E-state index in [1.165, 1.54) is 0 Å². The summed E-state index contributed by atoms with van der Waals surface area (Å²) >= 11 is 0. The number of hydrogen-bond donors (Lipinski definition) is 2. The number of aromatic nitrogens is 2. The highest BCUT2D eigenvalue weighted by atomic mass is 16.5. The monoisotopic (exact) mass is 359 g/mol. The first-order valence-electron chi connectivity index (χ1n) is 8.79. The Kier molecular flexibility index (Phi) is 6.60. The van der Waals surface area contributed by atoms with Gasteiger partial charge in [-0.25, -0.2) is 9.97 Å². The Balaban J connectivity index is 1.83. The molecule has 2 N–H and O–H groups in total. The first kappa shape index (κ1) is 19.8. The van der Waals surface area contributed by atoms with Crippen molar-refractivity contribution in [1.82, 2.24) is 20.6 Å². The number of nitrogens with one attached hydrogen (secondary N) is 2. The van der Waals surface area contributed by atoms with E-state index in [1.807, 2.05) is 26.0 Å². The van der Waals surface area contributed by atoms with Gasteiger partial charge < -0.3 is 19.8 Å². The van der Waals surface area contributed by atoms with Crippen molar-refractivity contribution in [2.75, 3.05) is 7.05 Å². The fourth-order valence-corrected chi connectivity index (χ4v) is 2.13. The van der Waals surface area contributed by atoms with Crippen molar-refractivity contribution in [3.8, 4) is 5.88 Å². The Bertz CT molecular complexity index is 714. The van der Waals surface area contributed by atoms with Crippen molar-refractivity contribution in [3.63, 3.8) is 0 Å². The van der Waals surface area contributed by atoms with Crippen LogP contribution >= 0.6 is 0 Å². The number of hydrogen-bond acceptors (Lipinski definition) is 5. The van der Waals surface area contributed by atoms with E-state index in [1.54, 1.807) is 19.4 Å². The molecular weight excluding hydrogens is 330 g/mol. The molecule has 0 aliphatic carbocycles. The molecule has 0 saturated heterocycles.